The molecule has 3 heteroatoms. The van der Waals surface area contributed by atoms with E-state index in [0.29, 0.717) is 23.5 Å². The number of fused-ring (bicyclic) bond motifs is 1. The number of Topliss-reactive ketones (excluding diaryl/α,β-unsaturated/α-hetero) is 1. The first kappa shape index (κ1) is 10.0. The minimum atomic E-state index is -0.420. The Balaban J connectivity index is 2.54. The second-order valence-electron chi connectivity index (χ2n) is 4.30. The van der Waals surface area contributed by atoms with Gasteiger partial charge in [-0.25, -0.2) is 0 Å². The molecule has 0 radical (unpaired) electrons. The van der Waals surface area contributed by atoms with Crippen molar-refractivity contribution in [2.24, 2.45) is 0 Å². The lowest BCUT2D eigenvalue weighted by molar-refractivity contribution is 0.0614. The number of hydrogen-bond acceptors (Lipinski definition) is 3. The summed E-state index contributed by atoms with van der Waals surface area (Å²) >= 11 is 0. The van der Waals surface area contributed by atoms with E-state index in [4.69, 9.17) is 9.47 Å². The van der Waals surface area contributed by atoms with Gasteiger partial charge in [0.2, 0.25) is 0 Å². The predicted molar refractivity (Wildman–Crippen MR) is 56.6 cm³/mol. The highest BCUT2D eigenvalue weighted by molar-refractivity contribution is 6.02. The molecule has 0 bridgehead atoms. The van der Waals surface area contributed by atoms with Crippen molar-refractivity contribution in [3.05, 3.63) is 23.8 Å². The van der Waals surface area contributed by atoms with Crippen LogP contribution in [-0.2, 0) is 0 Å². The monoisotopic (exact) mass is 206 g/mol. The van der Waals surface area contributed by atoms with Crippen LogP contribution in [0.3, 0.4) is 0 Å². The van der Waals surface area contributed by atoms with Crippen molar-refractivity contribution in [2.75, 3.05) is 7.11 Å². The highest BCUT2D eigenvalue weighted by Crippen LogP contribution is 2.37. The first-order valence-corrected chi connectivity index (χ1v) is 4.93. The first-order valence-electron chi connectivity index (χ1n) is 4.93. The maximum absolute atomic E-state index is 11.9. The Labute approximate surface area is 89.0 Å². The van der Waals surface area contributed by atoms with E-state index in [1.807, 2.05) is 19.9 Å². The number of carbonyl (C=O) groups is 1. The molecule has 80 valence electrons. The van der Waals surface area contributed by atoms with Gasteiger partial charge < -0.3 is 9.47 Å². The van der Waals surface area contributed by atoms with Crippen LogP contribution < -0.4 is 9.47 Å². The summed E-state index contributed by atoms with van der Waals surface area (Å²) in [7, 11) is 1.56. The number of rotatable bonds is 1. The molecule has 1 aromatic carbocycles. The van der Waals surface area contributed by atoms with Crippen LogP contribution in [0.25, 0.3) is 0 Å². The fourth-order valence-electron chi connectivity index (χ4n) is 1.85. The summed E-state index contributed by atoms with van der Waals surface area (Å²) in [6, 6.07) is 5.40. The van der Waals surface area contributed by atoms with E-state index >= 15 is 0 Å². The highest BCUT2D eigenvalue weighted by atomic mass is 16.5. The molecule has 0 saturated heterocycles. The van der Waals surface area contributed by atoms with E-state index in [2.05, 4.69) is 0 Å². The zero-order chi connectivity index (χ0) is 11.1. The van der Waals surface area contributed by atoms with Crippen molar-refractivity contribution in [1.29, 1.82) is 0 Å². The number of hydrogen-bond donors (Lipinski definition) is 0. The Kier molecular flexibility index (Phi) is 2.18. The summed E-state index contributed by atoms with van der Waals surface area (Å²) in [5, 5.41) is 0. The second kappa shape index (κ2) is 3.26. The molecule has 3 nitrogen and oxygen atoms in total. The lowest BCUT2D eigenvalue weighted by Gasteiger charge is -2.32. The fourth-order valence-corrected chi connectivity index (χ4v) is 1.85. The Bertz CT molecular complexity index is 407. The molecular weight excluding hydrogens is 192 g/mol. The van der Waals surface area contributed by atoms with Crippen LogP contribution in [0.1, 0.15) is 30.6 Å². The highest BCUT2D eigenvalue weighted by Gasteiger charge is 2.34. The normalized spacial score (nSPS) is 17.9. The van der Waals surface area contributed by atoms with Crippen molar-refractivity contribution in [3.63, 3.8) is 0 Å². The van der Waals surface area contributed by atoms with Crippen molar-refractivity contribution >= 4 is 5.78 Å². The van der Waals surface area contributed by atoms with Crippen LogP contribution in [-0.4, -0.2) is 18.5 Å². The predicted octanol–water partition coefficient (Wildman–Crippen LogP) is 2.44. The lowest BCUT2D eigenvalue weighted by Crippen LogP contribution is -2.36. The number of ether oxygens (including phenoxy) is 2. The van der Waals surface area contributed by atoms with Crippen molar-refractivity contribution < 1.29 is 14.3 Å². The Hall–Kier alpha value is -1.51. The molecule has 0 atom stereocenters. The number of benzene rings is 1. The van der Waals surface area contributed by atoms with Crippen molar-refractivity contribution in [1.82, 2.24) is 0 Å². The minimum Gasteiger partial charge on any atom is -0.496 e. The molecule has 0 N–H and O–H groups in total. The molecule has 15 heavy (non-hydrogen) atoms. The number of methoxy groups -OCH3 is 1. The van der Waals surface area contributed by atoms with Crippen molar-refractivity contribution in [2.45, 2.75) is 25.9 Å². The Morgan fingerprint density at radius 3 is 2.80 bits per heavy atom. The molecular formula is C12H14O3. The molecule has 0 unspecified atom stereocenters. The van der Waals surface area contributed by atoms with Gasteiger partial charge in [0, 0.05) is 0 Å². The van der Waals surface area contributed by atoms with E-state index in [9.17, 15) is 4.79 Å². The maximum atomic E-state index is 11.9. The molecule has 0 fully saturated rings. The zero-order valence-electron chi connectivity index (χ0n) is 9.16. The molecule has 0 aliphatic carbocycles. The van der Waals surface area contributed by atoms with E-state index in [0.717, 1.165) is 0 Å². The summed E-state index contributed by atoms with van der Waals surface area (Å²) in [5.74, 6) is 1.29. The van der Waals surface area contributed by atoms with Gasteiger partial charge in [-0.3, -0.25) is 4.79 Å². The average Bonchev–Trinajstić information content (AvgIpc) is 2.14. The first-order chi connectivity index (χ1) is 7.03. The van der Waals surface area contributed by atoms with Gasteiger partial charge in [0.15, 0.2) is 5.78 Å². The van der Waals surface area contributed by atoms with E-state index in [1.165, 1.54) is 0 Å². The smallest absolute Gasteiger partial charge is 0.174 e. The van der Waals surface area contributed by atoms with Crippen LogP contribution in [0.4, 0.5) is 0 Å². The number of carbonyl (C=O) groups excluding carboxylic acids is 1. The summed E-state index contributed by atoms with van der Waals surface area (Å²) in [4.78, 5) is 11.9. The van der Waals surface area contributed by atoms with E-state index in [1.54, 1.807) is 19.2 Å². The van der Waals surface area contributed by atoms with Crippen LogP contribution >= 0.6 is 0 Å². The SMILES string of the molecule is COc1cccc2c1C(=O)CC(C)(C)O2. The van der Waals surface area contributed by atoms with Gasteiger partial charge in [-0.1, -0.05) is 6.07 Å². The Morgan fingerprint density at radius 2 is 2.13 bits per heavy atom. The van der Waals surface area contributed by atoms with Gasteiger partial charge in [0.1, 0.15) is 22.7 Å². The minimum absolute atomic E-state index is 0.0821. The topological polar surface area (TPSA) is 35.5 Å². The molecule has 0 spiro atoms. The standard InChI is InChI=1S/C12H14O3/c1-12(2)7-8(13)11-9(14-3)5-4-6-10(11)15-12/h4-6H,7H2,1-3H3. The molecule has 1 aliphatic rings. The van der Waals surface area contributed by atoms with Gasteiger partial charge in [-0.15, -0.1) is 0 Å². The zero-order valence-corrected chi connectivity index (χ0v) is 9.16. The van der Waals surface area contributed by atoms with Gasteiger partial charge in [-0.2, -0.15) is 0 Å². The third-order valence-electron chi connectivity index (χ3n) is 2.46. The largest absolute Gasteiger partial charge is 0.496 e. The quantitative estimate of drug-likeness (QED) is 0.708. The fraction of sp³-hybridized carbons (Fsp3) is 0.417. The molecule has 0 amide bonds. The molecule has 1 aliphatic heterocycles. The van der Waals surface area contributed by atoms with E-state index < -0.39 is 5.60 Å². The molecule has 0 aromatic heterocycles. The molecule has 1 heterocycles. The summed E-state index contributed by atoms with van der Waals surface area (Å²) in [6.07, 6.45) is 0.389. The summed E-state index contributed by atoms with van der Waals surface area (Å²) < 4.78 is 10.9. The van der Waals surface area contributed by atoms with Gasteiger partial charge in [0.25, 0.3) is 0 Å². The summed E-state index contributed by atoms with van der Waals surface area (Å²) in [5.41, 5.74) is 0.149. The number of ketones is 1. The van der Waals surface area contributed by atoms with Crippen LogP contribution in [0, 0.1) is 0 Å². The third kappa shape index (κ3) is 1.69. The van der Waals surface area contributed by atoms with Crippen LogP contribution in [0.15, 0.2) is 18.2 Å². The third-order valence-corrected chi connectivity index (χ3v) is 2.46. The second-order valence-corrected chi connectivity index (χ2v) is 4.30. The maximum Gasteiger partial charge on any atom is 0.174 e. The van der Waals surface area contributed by atoms with Gasteiger partial charge in [-0.05, 0) is 26.0 Å². The summed E-state index contributed by atoms with van der Waals surface area (Å²) in [6.45, 7) is 3.82. The van der Waals surface area contributed by atoms with Crippen LogP contribution in [0.5, 0.6) is 11.5 Å². The van der Waals surface area contributed by atoms with Gasteiger partial charge in [0.05, 0.1) is 13.5 Å². The molecule has 2 rings (SSSR count). The van der Waals surface area contributed by atoms with Crippen LogP contribution in [0.2, 0.25) is 0 Å². The van der Waals surface area contributed by atoms with E-state index in [-0.39, 0.29) is 5.78 Å². The average molecular weight is 206 g/mol. The van der Waals surface area contributed by atoms with Crippen molar-refractivity contribution in [3.8, 4) is 11.5 Å². The molecule has 1 aromatic rings. The Morgan fingerprint density at radius 1 is 1.40 bits per heavy atom. The van der Waals surface area contributed by atoms with Gasteiger partial charge >= 0.3 is 0 Å². The lowest BCUT2D eigenvalue weighted by atomic mass is 9.92. The molecule has 0 saturated carbocycles.